The summed E-state index contributed by atoms with van der Waals surface area (Å²) in [5, 5.41) is 3.31. The zero-order chi connectivity index (χ0) is 14.0. The Morgan fingerprint density at radius 3 is 2.47 bits per heavy atom. The predicted molar refractivity (Wildman–Crippen MR) is 78.6 cm³/mol. The van der Waals surface area contributed by atoms with Crippen molar-refractivity contribution < 1.29 is 13.2 Å². The molecule has 1 heterocycles. The van der Waals surface area contributed by atoms with E-state index in [-0.39, 0.29) is 4.90 Å². The topological polar surface area (TPSA) is 55.4 Å². The zero-order valence-corrected chi connectivity index (χ0v) is 13.5. The molecule has 4 nitrogen and oxygen atoms in total. The van der Waals surface area contributed by atoms with Crippen molar-refractivity contribution in [2.75, 3.05) is 26.5 Å². The number of piperidine rings is 1. The molecule has 1 fully saturated rings. The lowest BCUT2D eigenvalue weighted by atomic mass is 9.90. The molecule has 1 N–H and O–H groups in total. The largest absolute Gasteiger partial charge is 0.494 e. The maximum absolute atomic E-state index is 11.9. The third kappa shape index (κ3) is 3.30. The summed E-state index contributed by atoms with van der Waals surface area (Å²) in [5.74, 6) is 0.796. The van der Waals surface area contributed by atoms with Crippen molar-refractivity contribution in [2.24, 2.45) is 0 Å². The monoisotopic (exact) mass is 347 g/mol. The molecule has 0 saturated carbocycles. The van der Waals surface area contributed by atoms with E-state index in [4.69, 9.17) is 4.74 Å². The molecule has 19 heavy (non-hydrogen) atoms. The van der Waals surface area contributed by atoms with Crippen LogP contribution >= 0.6 is 15.9 Å². The number of rotatable bonds is 3. The van der Waals surface area contributed by atoms with Gasteiger partial charge in [-0.3, -0.25) is 0 Å². The summed E-state index contributed by atoms with van der Waals surface area (Å²) in [4.78, 5) is 0.262. The molecule has 0 spiro atoms. The molecule has 0 amide bonds. The second-order valence-corrected chi connectivity index (χ2v) is 7.67. The summed E-state index contributed by atoms with van der Waals surface area (Å²) < 4.78 is 29.7. The Morgan fingerprint density at radius 1 is 1.32 bits per heavy atom. The Bertz CT molecular complexity index is 565. The maximum atomic E-state index is 11.9. The number of sulfone groups is 1. The molecule has 106 valence electrons. The highest BCUT2D eigenvalue weighted by atomic mass is 79.9. The van der Waals surface area contributed by atoms with Crippen molar-refractivity contribution in [3.05, 3.63) is 22.2 Å². The first-order valence-corrected chi connectivity index (χ1v) is 8.90. The van der Waals surface area contributed by atoms with E-state index in [1.165, 1.54) is 13.4 Å². The van der Waals surface area contributed by atoms with E-state index in [0.717, 1.165) is 31.5 Å². The zero-order valence-electron chi connectivity index (χ0n) is 11.1. The fourth-order valence-electron chi connectivity index (χ4n) is 2.45. The van der Waals surface area contributed by atoms with Crippen molar-refractivity contribution in [1.82, 2.24) is 5.32 Å². The van der Waals surface area contributed by atoms with Gasteiger partial charge in [0.25, 0.3) is 0 Å². The van der Waals surface area contributed by atoms with Gasteiger partial charge in [-0.05, 0) is 65.5 Å². The second-order valence-electron chi connectivity index (χ2n) is 4.83. The molecule has 1 aliphatic heterocycles. The normalized spacial score (nSPS) is 17.4. The minimum atomic E-state index is -3.30. The van der Waals surface area contributed by atoms with Crippen molar-refractivity contribution in [2.45, 2.75) is 23.7 Å². The fraction of sp³-hybridized carbons (Fsp3) is 0.538. The molecule has 0 bridgehead atoms. The van der Waals surface area contributed by atoms with Crippen LogP contribution < -0.4 is 10.1 Å². The number of nitrogens with one attached hydrogen (secondary N) is 1. The number of ether oxygens (including phenoxy) is 1. The third-order valence-corrected chi connectivity index (χ3v) is 5.14. The molecule has 2 rings (SSSR count). The summed E-state index contributed by atoms with van der Waals surface area (Å²) in [5.41, 5.74) is 1.06. The van der Waals surface area contributed by atoms with E-state index in [1.54, 1.807) is 6.07 Å². The van der Waals surface area contributed by atoms with Crippen molar-refractivity contribution >= 4 is 25.8 Å². The SMILES string of the molecule is COc1c(Br)cc(C2CCNCC2)cc1S(C)(=O)=O. The van der Waals surface area contributed by atoms with Gasteiger partial charge in [0.15, 0.2) is 15.6 Å². The summed E-state index contributed by atoms with van der Waals surface area (Å²) in [7, 11) is -1.81. The lowest BCUT2D eigenvalue weighted by Gasteiger charge is -2.24. The first-order chi connectivity index (χ1) is 8.93. The number of halogens is 1. The molecule has 1 aliphatic rings. The van der Waals surface area contributed by atoms with E-state index >= 15 is 0 Å². The summed E-state index contributed by atoms with van der Waals surface area (Å²) >= 11 is 3.41. The van der Waals surface area contributed by atoms with E-state index in [2.05, 4.69) is 21.2 Å². The van der Waals surface area contributed by atoms with Crippen molar-refractivity contribution in [1.29, 1.82) is 0 Å². The smallest absolute Gasteiger partial charge is 0.179 e. The number of hydrogen-bond acceptors (Lipinski definition) is 4. The lowest BCUT2D eigenvalue weighted by Crippen LogP contribution is -2.26. The molecule has 0 aromatic heterocycles. The third-order valence-electron chi connectivity index (χ3n) is 3.45. The van der Waals surface area contributed by atoms with Gasteiger partial charge in [-0.1, -0.05) is 0 Å². The van der Waals surface area contributed by atoms with Crippen LogP contribution in [0.5, 0.6) is 5.75 Å². The molecule has 1 aromatic rings. The van der Waals surface area contributed by atoms with Gasteiger partial charge in [0.2, 0.25) is 0 Å². The molecule has 0 atom stereocenters. The van der Waals surface area contributed by atoms with Gasteiger partial charge in [0.05, 0.1) is 11.6 Å². The van der Waals surface area contributed by atoms with Crippen LogP contribution in [0, 0.1) is 0 Å². The van der Waals surface area contributed by atoms with Gasteiger partial charge in [-0.2, -0.15) is 0 Å². The molecule has 0 radical (unpaired) electrons. The Morgan fingerprint density at radius 2 is 1.95 bits per heavy atom. The first kappa shape index (κ1) is 14.8. The van der Waals surface area contributed by atoms with Crippen LogP contribution in [-0.4, -0.2) is 34.9 Å². The molecule has 1 aromatic carbocycles. The summed E-state index contributed by atoms with van der Waals surface area (Å²) in [6.07, 6.45) is 3.27. The van der Waals surface area contributed by atoms with Crippen LogP contribution in [0.15, 0.2) is 21.5 Å². The standard InChI is InChI=1S/C13H18BrNO3S/c1-18-13-11(14)7-10(8-12(13)19(2,16)17)9-3-5-15-6-4-9/h7-9,15H,3-6H2,1-2H3. The highest BCUT2D eigenvalue weighted by Gasteiger charge is 2.22. The Labute approximate surface area is 122 Å². The predicted octanol–water partition coefficient (Wildman–Crippen LogP) is 2.33. The van der Waals surface area contributed by atoms with Crippen LogP contribution in [-0.2, 0) is 9.84 Å². The molecule has 0 aliphatic carbocycles. The van der Waals surface area contributed by atoms with Crippen molar-refractivity contribution in [3.8, 4) is 5.75 Å². The van der Waals surface area contributed by atoms with Gasteiger partial charge in [-0.15, -0.1) is 0 Å². The Kier molecular flexibility index (Phi) is 4.53. The quantitative estimate of drug-likeness (QED) is 0.911. The summed E-state index contributed by atoms with van der Waals surface area (Å²) in [6, 6.07) is 3.73. The molecule has 1 saturated heterocycles. The van der Waals surface area contributed by atoms with Crippen molar-refractivity contribution in [3.63, 3.8) is 0 Å². The molecular formula is C13H18BrNO3S. The highest BCUT2D eigenvalue weighted by Crippen LogP contribution is 2.37. The average Bonchev–Trinajstić information content (AvgIpc) is 2.37. The minimum absolute atomic E-state index is 0.262. The van der Waals surface area contributed by atoms with Crippen LogP contribution in [0.25, 0.3) is 0 Å². The van der Waals surface area contributed by atoms with Gasteiger partial charge in [-0.25, -0.2) is 8.42 Å². The van der Waals surface area contributed by atoms with Crippen LogP contribution in [0.2, 0.25) is 0 Å². The minimum Gasteiger partial charge on any atom is -0.494 e. The Balaban J connectivity index is 2.50. The van der Waals surface area contributed by atoms with Gasteiger partial charge in [0.1, 0.15) is 4.90 Å². The van der Waals surface area contributed by atoms with E-state index in [9.17, 15) is 8.42 Å². The number of hydrogen-bond donors (Lipinski definition) is 1. The molecule has 6 heteroatoms. The van der Waals surface area contributed by atoms with E-state index in [0.29, 0.717) is 16.1 Å². The fourth-order valence-corrected chi connectivity index (χ4v) is 4.10. The number of benzene rings is 1. The summed E-state index contributed by atoms with van der Waals surface area (Å²) in [6.45, 7) is 1.95. The molecule has 0 unspecified atom stereocenters. The maximum Gasteiger partial charge on any atom is 0.179 e. The van der Waals surface area contributed by atoms with E-state index in [1.807, 2.05) is 6.07 Å². The average molecular weight is 348 g/mol. The Hall–Kier alpha value is -0.590. The molecular weight excluding hydrogens is 330 g/mol. The highest BCUT2D eigenvalue weighted by molar-refractivity contribution is 9.10. The van der Waals surface area contributed by atoms with Crippen LogP contribution in [0.1, 0.15) is 24.3 Å². The lowest BCUT2D eigenvalue weighted by molar-refractivity contribution is 0.398. The van der Waals surface area contributed by atoms with Gasteiger partial charge in [0, 0.05) is 6.26 Å². The van der Waals surface area contributed by atoms with Crippen LogP contribution in [0.3, 0.4) is 0 Å². The second kappa shape index (κ2) is 5.81. The first-order valence-electron chi connectivity index (χ1n) is 6.21. The van der Waals surface area contributed by atoms with Gasteiger partial charge < -0.3 is 10.1 Å². The van der Waals surface area contributed by atoms with E-state index < -0.39 is 9.84 Å². The van der Waals surface area contributed by atoms with Crippen LogP contribution in [0.4, 0.5) is 0 Å². The van der Waals surface area contributed by atoms with Gasteiger partial charge >= 0.3 is 0 Å². The number of methoxy groups -OCH3 is 1.